The van der Waals surface area contributed by atoms with Crippen LogP contribution < -0.4 is 4.74 Å². The average molecular weight is 305 g/mol. The molecule has 1 N–H and O–H groups in total. The zero-order valence-electron chi connectivity index (χ0n) is 11.9. The predicted molar refractivity (Wildman–Crippen MR) is 71.2 cm³/mol. The smallest absolute Gasteiger partial charge is 0.416 e. The molecule has 0 spiro atoms. The molecule has 1 unspecified atom stereocenters. The summed E-state index contributed by atoms with van der Waals surface area (Å²) in [6.45, 7) is 2.74. The Kier molecular flexibility index (Phi) is 6.02. The summed E-state index contributed by atoms with van der Waals surface area (Å²) in [5.41, 5.74) is -0.720. The fourth-order valence-corrected chi connectivity index (χ4v) is 1.70. The molecule has 0 radical (unpaired) electrons. The molecule has 4 nitrogen and oxygen atoms in total. The predicted octanol–water partition coefficient (Wildman–Crippen LogP) is 2.74. The summed E-state index contributed by atoms with van der Waals surface area (Å²) in [4.78, 5) is 12.5. The van der Waals surface area contributed by atoms with Crippen LogP contribution in [0.2, 0.25) is 0 Å². The van der Waals surface area contributed by atoms with Crippen molar-refractivity contribution in [2.75, 3.05) is 26.7 Å². The van der Waals surface area contributed by atoms with Crippen molar-refractivity contribution in [1.82, 2.24) is 4.90 Å². The Morgan fingerprint density at radius 1 is 1.33 bits per heavy atom. The maximum Gasteiger partial charge on any atom is 0.416 e. The zero-order chi connectivity index (χ0) is 16.0. The third kappa shape index (κ3) is 6.03. The van der Waals surface area contributed by atoms with Crippen LogP contribution in [0.4, 0.5) is 13.2 Å². The Morgan fingerprint density at radius 2 is 1.90 bits per heavy atom. The van der Waals surface area contributed by atoms with Gasteiger partial charge in [0.25, 0.3) is 0 Å². The van der Waals surface area contributed by atoms with Gasteiger partial charge in [-0.05, 0) is 31.3 Å². The van der Waals surface area contributed by atoms with E-state index in [4.69, 9.17) is 9.84 Å². The molecule has 0 aliphatic heterocycles. The van der Waals surface area contributed by atoms with Gasteiger partial charge in [-0.15, -0.1) is 0 Å². The largest absolute Gasteiger partial charge is 0.492 e. The van der Waals surface area contributed by atoms with Crippen LogP contribution in [0.5, 0.6) is 5.75 Å². The minimum absolute atomic E-state index is 0.272. The molecule has 1 rings (SSSR count). The van der Waals surface area contributed by atoms with Crippen molar-refractivity contribution in [2.24, 2.45) is 5.92 Å². The number of nitrogens with zero attached hydrogens (tertiary/aromatic N) is 1. The second-order valence-corrected chi connectivity index (χ2v) is 4.87. The molecule has 0 amide bonds. The SMILES string of the molecule is CC(CN(C)CCOc1ccc(C(F)(F)F)cc1)C(=O)O. The third-order valence-corrected chi connectivity index (χ3v) is 2.93. The third-order valence-electron chi connectivity index (χ3n) is 2.93. The Balaban J connectivity index is 2.37. The van der Waals surface area contributed by atoms with Crippen LogP contribution in [0.15, 0.2) is 24.3 Å². The van der Waals surface area contributed by atoms with Crippen molar-refractivity contribution in [3.63, 3.8) is 0 Å². The highest BCUT2D eigenvalue weighted by Gasteiger charge is 2.29. The molecule has 0 bridgehead atoms. The Bertz CT molecular complexity index is 460. The number of carboxylic acid groups (broad SMARTS) is 1. The molecule has 0 aliphatic carbocycles. The monoisotopic (exact) mass is 305 g/mol. The first-order chi connectivity index (χ1) is 9.70. The van der Waals surface area contributed by atoms with Gasteiger partial charge in [0, 0.05) is 13.1 Å². The molecule has 0 saturated heterocycles. The quantitative estimate of drug-likeness (QED) is 0.841. The molecule has 21 heavy (non-hydrogen) atoms. The van der Waals surface area contributed by atoms with Crippen molar-refractivity contribution >= 4 is 5.97 Å². The summed E-state index contributed by atoms with van der Waals surface area (Å²) >= 11 is 0. The normalized spacial score (nSPS) is 13.2. The maximum atomic E-state index is 12.4. The minimum atomic E-state index is -4.36. The highest BCUT2D eigenvalue weighted by molar-refractivity contribution is 5.69. The van der Waals surface area contributed by atoms with E-state index < -0.39 is 23.6 Å². The average Bonchev–Trinajstić information content (AvgIpc) is 2.38. The van der Waals surface area contributed by atoms with E-state index in [1.165, 1.54) is 12.1 Å². The number of likely N-dealkylation sites (N-methyl/N-ethyl adjacent to an activating group) is 1. The first-order valence-corrected chi connectivity index (χ1v) is 6.41. The number of ether oxygens (including phenoxy) is 1. The van der Waals surface area contributed by atoms with E-state index in [1.54, 1.807) is 18.9 Å². The van der Waals surface area contributed by atoms with Crippen molar-refractivity contribution < 1.29 is 27.8 Å². The minimum Gasteiger partial charge on any atom is -0.492 e. The van der Waals surface area contributed by atoms with E-state index in [2.05, 4.69) is 0 Å². The van der Waals surface area contributed by atoms with E-state index in [0.29, 0.717) is 18.8 Å². The molecular formula is C14H18F3NO3. The molecule has 0 saturated carbocycles. The fraction of sp³-hybridized carbons (Fsp3) is 0.500. The maximum absolute atomic E-state index is 12.4. The summed E-state index contributed by atoms with van der Waals surface area (Å²) in [5.74, 6) is -1.01. The number of alkyl halides is 3. The van der Waals surface area contributed by atoms with Crippen LogP contribution >= 0.6 is 0 Å². The van der Waals surface area contributed by atoms with E-state index in [1.807, 2.05) is 0 Å². The summed E-state index contributed by atoms with van der Waals surface area (Å²) in [6, 6.07) is 4.46. The van der Waals surface area contributed by atoms with Gasteiger partial charge in [0.2, 0.25) is 0 Å². The standard InChI is InChI=1S/C14H18F3NO3/c1-10(13(19)20)9-18(2)7-8-21-12-5-3-11(4-6-12)14(15,16)17/h3-6,10H,7-9H2,1-2H3,(H,19,20). The van der Waals surface area contributed by atoms with Crippen LogP contribution in [-0.2, 0) is 11.0 Å². The zero-order valence-corrected chi connectivity index (χ0v) is 11.9. The number of hydrogen-bond donors (Lipinski definition) is 1. The van der Waals surface area contributed by atoms with E-state index >= 15 is 0 Å². The number of rotatable bonds is 7. The van der Waals surface area contributed by atoms with Gasteiger partial charge in [0.15, 0.2) is 0 Å². The van der Waals surface area contributed by atoms with Crippen molar-refractivity contribution in [2.45, 2.75) is 13.1 Å². The van der Waals surface area contributed by atoms with Crippen LogP contribution in [-0.4, -0.2) is 42.7 Å². The summed E-state index contributed by atoms with van der Waals surface area (Å²) in [5, 5.41) is 8.78. The Morgan fingerprint density at radius 3 is 2.38 bits per heavy atom. The molecular weight excluding hydrogens is 287 g/mol. The van der Waals surface area contributed by atoms with E-state index in [-0.39, 0.29) is 6.61 Å². The molecule has 0 aliphatic rings. The van der Waals surface area contributed by atoms with E-state index in [0.717, 1.165) is 12.1 Å². The van der Waals surface area contributed by atoms with Gasteiger partial charge in [-0.25, -0.2) is 0 Å². The van der Waals surface area contributed by atoms with E-state index in [9.17, 15) is 18.0 Å². The number of carboxylic acids is 1. The number of hydrogen-bond acceptors (Lipinski definition) is 3. The first-order valence-electron chi connectivity index (χ1n) is 6.41. The van der Waals surface area contributed by atoms with Gasteiger partial charge >= 0.3 is 12.1 Å². The summed E-state index contributed by atoms with van der Waals surface area (Å²) in [7, 11) is 1.76. The van der Waals surface area contributed by atoms with Crippen LogP contribution in [0.25, 0.3) is 0 Å². The lowest BCUT2D eigenvalue weighted by molar-refractivity contribution is -0.141. The van der Waals surface area contributed by atoms with Crippen LogP contribution in [0.3, 0.4) is 0 Å². The van der Waals surface area contributed by atoms with Gasteiger partial charge in [0.1, 0.15) is 12.4 Å². The molecule has 7 heteroatoms. The number of aliphatic carboxylic acids is 1. The Labute approximate surface area is 121 Å². The Hall–Kier alpha value is -1.76. The van der Waals surface area contributed by atoms with Crippen molar-refractivity contribution in [3.8, 4) is 5.75 Å². The topological polar surface area (TPSA) is 49.8 Å². The van der Waals surface area contributed by atoms with Crippen LogP contribution in [0.1, 0.15) is 12.5 Å². The molecule has 0 fully saturated rings. The van der Waals surface area contributed by atoms with Gasteiger partial charge in [-0.1, -0.05) is 6.92 Å². The lowest BCUT2D eigenvalue weighted by Gasteiger charge is -2.19. The number of halogens is 3. The second kappa shape index (κ2) is 7.31. The summed E-state index contributed by atoms with van der Waals surface area (Å²) < 4.78 is 42.4. The fourth-order valence-electron chi connectivity index (χ4n) is 1.70. The van der Waals surface area contributed by atoms with Crippen molar-refractivity contribution in [3.05, 3.63) is 29.8 Å². The molecule has 1 atom stereocenters. The molecule has 0 heterocycles. The van der Waals surface area contributed by atoms with Crippen LogP contribution in [0, 0.1) is 5.92 Å². The number of carbonyl (C=O) groups is 1. The lowest BCUT2D eigenvalue weighted by Crippen LogP contribution is -2.31. The summed E-state index contributed by atoms with van der Waals surface area (Å²) in [6.07, 6.45) is -4.36. The molecule has 0 aromatic heterocycles. The lowest BCUT2D eigenvalue weighted by atomic mass is 10.2. The molecule has 1 aromatic rings. The van der Waals surface area contributed by atoms with Gasteiger partial charge in [0.05, 0.1) is 11.5 Å². The van der Waals surface area contributed by atoms with Gasteiger partial charge in [-0.2, -0.15) is 13.2 Å². The van der Waals surface area contributed by atoms with Gasteiger partial charge in [-0.3, -0.25) is 4.79 Å². The highest BCUT2D eigenvalue weighted by atomic mass is 19.4. The van der Waals surface area contributed by atoms with Crippen molar-refractivity contribution in [1.29, 1.82) is 0 Å². The number of benzene rings is 1. The highest BCUT2D eigenvalue weighted by Crippen LogP contribution is 2.30. The molecule has 118 valence electrons. The second-order valence-electron chi connectivity index (χ2n) is 4.87. The first kappa shape index (κ1) is 17.3. The van der Waals surface area contributed by atoms with Gasteiger partial charge < -0.3 is 14.7 Å². The molecule has 1 aromatic carbocycles.